The van der Waals surface area contributed by atoms with Crippen LogP contribution in [0.1, 0.15) is 12.5 Å². The van der Waals surface area contributed by atoms with Crippen molar-refractivity contribution in [1.82, 2.24) is 25.0 Å². The van der Waals surface area contributed by atoms with Crippen LogP contribution < -0.4 is 5.32 Å². The van der Waals surface area contributed by atoms with E-state index in [-0.39, 0.29) is 0 Å². The molecule has 0 spiro atoms. The average molecular weight is 280 g/mol. The smallest absolute Gasteiger partial charge is 0.132 e. The molecular weight excluding hydrogens is 264 g/mol. The normalized spacial score (nSPS) is 10.6. The van der Waals surface area contributed by atoms with Crippen molar-refractivity contribution in [3.8, 4) is 17.1 Å². The molecular formula is C15H16N6. The summed E-state index contributed by atoms with van der Waals surface area (Å²) >= 11 is 0. The predicted molar refractivity (Wildman–Crippen MR) is 81.3 cm³/mol. The minimum Gasteiger partial charge on any atom is -0.370 e. The van der Waals surface area contributed by atoms with Crippen molar-refractivity contribution in [1.29, 1.82) is 0 Å². The first-order valence-corrected chi connectivity index (χ1v) is 6.83. The molecule has 0 radical (unpaired) electrons. The molecule has 1 N–H and O–H groups in total. The zero-order valence-corrected chi connectivity index (χ0v) is 12.0. The van der Waals surface area contributed by atoms with Gasteiger partial charge in [0, 0.05) is 12.1 Å². The van der Waals surface area contributed by atoms with E-state index in [2.05, 4.69) is 25.6 Å². The average Bonchev–Trinajstić information content (AvgIpc) is 3.00. The van der Waals surface area contributed by atoms with Crippen LogP contribution in [-0.2, 0) is 0 Å². The predicted octanol–water partition coefficient (Wildman–Crippen LogP) is 2.46. The van der Waals surface area contributed by atoms with Crippen molar-refractivity contribution in [2.24, 2.45) is 0 Å². The lowest BCUT2D eigenvalue weighted by Gasteiger charge is -2.11. The number of benzene rings is 1. The Kier molecular flexibility index (Phi) is 3.59. The molecule has 3 rings (SSSR count). The first-order chi connectivity index (χ1) is 10.3. The summed E-state index contributed by atoms with van der Waals surface area (Å²) in [5.74, 6) is 0.836. The van der Waals surface area contributed by atoms with Gasteiger partial charge < -0.3 is 5.32 Å². The van der Waals surface area contributed by atoms with Gasteiger partial charge in [-0.1, -0.05) is 23.4 Å². The number of nitrogens with zero attached hydrogens (tertiary/aromatic N) is 5. The van der Waals surface area contributed by atoms with Gasteiger partial charge in [-0.2, -0.15) is 0 Å². The summed E-state index contributed by atoms with van der Waals surface area (Å²) in [5, 5.41) is 11.4. The molecule has 0 aliphatic heterocycles. The molecule has 0 saturated carbocycles. The van der Waals surface area contributed by atoms with Crippen LogP contribution in [0.4, 0.5) is 5.82 Å². The SMILES string of the molecule is CCNc1ncnc(-c2cnnn2-c2ccccc2)c1C. The van der Waals surface area contributed by atoms with Crippen LogP contribution in [0.2, 0.25) is 0 Å². The van der Waals surface area contributed by atoms with Crippen LogP contribution in [0.3, 0.4) is 0 Å². The van der Waals surface area contributed by atoms with Gasteiger partial charge in [-0.15, -0.1) is 5.10 Å². The second-order valence-electron chi connectivity index (χ2n) is 4.59. The zero-order valence-electron chi connectivity index (χ0n) is 12.0. The Bertz CT molecular complexity index is 735. The van der Waals surface area contributed by atoms with Gasteiger partial charge in [0.25, 0.3) is 0 Å². The first-order valence-electron chi connectivity index (χ1n) is 6.83. The number of anilines is 1. The number of para-hydroxylation sites is 1. The molecule has 106 valence electrons. The summed E-state index contributed by atoms with van der Waals surface area (Å²) in [6.07, 6.45) is 3.28. The maximum atomic E-state index is 4.40. The Morgan fingerprint density at radius 2 is 1.95 bits per heavy atom. The van der Waals surface area contributed by atoms with Crippen molar-refractivity contribution in [3.05, 3.63) is 48.4 Å². The molecule has 3 aromatic rings. The minimum absolute atomic E-state index is 0.813. The Morgan fingerprint density at radius 1 is 1.14 bits per heavy atom. The zero-order chi connectivity index (χ0) is 14.7. The van der Waals surface area contributed by atoms with Crippen molar-refractivity contribution in [2.75, 3.05) is 11.9 Å². The lowest BCUT2D eigenvalue weighted by atomic mass is 10.2. The van der Waals surface area contributed by atoms with Crippen LogP contribution in [0.5, 0.6) is 0 Å². The van der Waals surface area contributed by atoms with Gasteiger partial charge in [0.1, 0.15) is 17.8 Å². The highest BCUT2D eigenvalue weighted by Crippen LogP contribution is 2.25. The van der Waals surface area contributed by atoms with Gasteiger partial charge in [0.2, 0.25) is 0 Å². The highest BCUT2D eigenvalue weighted by Gasteiger charge is 2.14. The molecule has 2 heterocycles. The summed E-state index contributed by atoms with van der Waals surface area (Å²) in [7, 11) is 0. The van der Waals surface area contributed by atoms with Crippen LogP contribution in [-0.4, -0.2) is 31.5 Å². The van der Waals surface area contributed by atoms with Crippen LogP contribution in [0.15, 0.2) is 42.9 Å². The van der Waals surface area contributed by atoms with E-state index in [1.165, 1.54) is 0 Å². The number of rotatable bonds is 4. The maximum absolute atomic E-state index is 4.40. The highest BCUT2D eigenvalue weighted by molar-refractivity contribution is 5.65. The second kappa shape index (κ2) is 5.70. The number of nitrogens with one attached hydrogen (secondary N) is 1. The van der Waals surface area contributed by atoms with Crippen molar-refractivity contribution in [2.45, 2.75) is 13.8 Å². The first kappa shape index (κ1) is 13.2. The molecule has 0 saturated heterocycles. The monoisotopic (exact) mass is 280 g/mol. The van der Waals surface area contributed by atoms with Crippen molar-refractivity contribution < 1.29 is 0 Å². The summed E-state index contributed by atoms with van der Waals surface area (Å²) < 4.78 is 1.78. The highest BCUT2D eigenvalue weighted by atomic mass is 15.4. The molecule has 1 aromatic carbocycles. The molecule has 6 heteroatoms. The van der Waals surface area contributed by atoms with Gasteiger partial charge in [-0.3, -0.25) is 0 Å². The van der Waals surface area contributed by atoms with Crippen LogP contribution >= 0.6 is 0 Å². The fraction of sp³-hybridized carbons (Fsp3) is 0.200. The van der Waals surface area contributed by atoms with Gasteiger partial charge in [0.15, 0.2) is 0 Å². The molecule has 0 fully saturated rings. The van der Waals surface area contributed by atoms with E-state index in [1.54, 1.807) is 17.2 Å². The van der Waals surface area contributed by atoms with Crippen molar-refractivity contribution >= 4 is 5.82 Å². The summed E-state index contributed by atoms with van der Waals surface area (Å²) in [6, 6.07) is 9.88. The summed E-state index contributed by atoms with van der Waals surface area (Å²) in [6.45, 7) is 4.85. The fourth-order valence-electron chi connectivity index (χ4n) is 2.21. The molecule has 0 aliphatic rings. The van der Waals surface area contributed by atoms with Gasteiger partial charge in [-0.25, -0.2) is 14.6 Å². The Morgan fingerprint density at radius 3 is 2.71 bits per heavy atom. The quantitative estimate of drug-likeness (QED) is 0.795. The topological polar surface area (TPSA) is 68.5 Å². The fourth-order valence-corrected chi connectivity index (χ4v) is 2.21. The van der Waals surface area contributed by atoms with Crippen LogP contribution in [0.25, 0.3) is 17.1 Å². The minimum atomic E-state index is 0.813. The number of hydrogen-bond acceptors (Lipinski definition) is 5. The van der Waals surface area contributed by atoms with Crippen molar-refractivity contribution in [3.63, 3.8) is 0 Å². The lowest BCUT2D eigenvalue weighted by Crippen LogP contribution is -2.06. The summed E-state index contributed by atoms with van der Waals surface area (Å²) in [5.41, 5.74) is 3.61. The molecule has 21 heavy (non-hydrogen) atoms. The lowest BCUT2D eigenvalue weighted by molar-refractivity contribution is 0.805. The number of aromatic nitrogens is 5. The Labute approximate surface area is 122 Å². The third-order valence-corrected chi connectivity index (χ3v) is 3.22. The maximum Gasteiger partial charge on any atom is 0.132 e. The van der Waals surface area contributed by atoms with Gasteiger partial charge in [0.05, 0.1) is 17.6 Å². The molecule has 0 aliphatic carbocycles. The van der Waals surface area contributed by atoms with E-state index >= 15 is 0 Å². The van der Waals surface area contributed by atoms with E-state index in [1.807, 2.05) is 44.2 Å². The van der Waals surface area contributed by atoms with E-state index in [4.69, 9.17) is 0 Å². The largest absolute Gasteiger partial charge is 0.370 e. The van der Waals surface area contributed by atoms with E-state index in [0.29, 0.717) is 0 Å². The third kappa shape index (κ3) is 2.47. The molecule has 2 aromatic heterocycles. The number of hydrogen-bond donors (Lipinski definition) is 1. The molecule has 0 bridgehead atoms. The molecule has 0 amide bonds. The summed E-state index contributed by atoms with van der Waals surface area (Å²) in [4.78, 5) is 8.67. The van der Waals surface area contributed by atoms with E-state index in [0.717, 1.165) is 35.0 Å². The van der Waals surface area contributed by atoms with E-state index in [9.17, 15) is 0 Å². The molecule has 0 atom stereocenters. The van der Waals surface area contributed by atoms with E-state index < -0.39 is 0 Å². The van der Waals surface area contributed by atoms with Crippen LogP contribution in [0, 0.1) is 6.92 Å². The Balaban J connectivity index is 2.11. The third-order valence-electron chi connectivity index (χ3n) is 3.22. The molecule has 0 unspecified atom stereocenters. The van der Waals surface area contributed by atoms with Gasteiger partial charge in [-0.05, 0) is 26.0 Å². The molecule has 6 nitrogen and oxygen atoms in total. The second-order valence-corrected chi connectivity index (χ2v) is 4.59. The van der Waals surface area contributed by atoms with Gasteiger partial charge >= 0.3 is 0 Å². The Hall–Kier alpha value is -2.76. The standard InChI is InChI=1S/C15H16N6/c1-3-16-15-11(2)14(17-10-18-15)13-9-19-20-21(13)12-7-5-4-6-8-12/h4-10H,3H2,1-2H3,(H,16,17,18).